The molecule has 0 saturated carbocycles. The number of aromatic amines is 1. The number of carbonyl (C=O) groups is 1. The highest BCUT2D eigenvalue weighted by atomic mass is 79.9. The van der Waals surface area contributed by atoms with E-state index in [0.29, 0.717) is 13.1 Å². The number of rotatable bonds is 5. The maximum atomic E-state index is 12.1. The Balaban J connectivity index is 1.65. The zero-order chi connectivity index (χ0) is 17.1. The van der Waals surface area contributed by atoms with Crippen molar-refractivity contribution in [2.45, 2.75) is 6.54 Å². The number of nitrogens with one attached hydrogen (secondary N) is 2. The van der Waals surface area contributed by atoms with Gasteiger partial charge in [0.05, 0.1) is 7.11 Å². The first-order valence-corrected chi connectivity index (χ1v) is 8.17. The molecule has 7 heteroatoms. The first-order chi connectivity index (χ1) is 11.6. The molecule has 124 valence electrons. The van der Waals surface area contributed by atoms with Crippen LogP contribution in [0.3, 0.4) is 0 Å². The Morgan fingerprint density at radius 2 is 2.17 bits per heavy atom. The molecule has 6 nitrogen and oxygen atoms in total. The van der Waals surface area contributed by atoms with E-state index in [1.54, 1.807) is 0 Å². The van der Waals surface area contributed by atoms with E-state index in [4.69, 9.17) is 4.74 Å². The van der Waals surface area contributed by atoms with Crippen molar-refractivity contribution in [2.75, 3.05) is 13.7 Å². The van der Waals surface area contributed by atoms with Crippen LogP contribution in [0.5, 0.6) is 5.75 Å². The summed E-state index contributed by atoms with van der Waals surface area (Å²) in [6, 6.07) is 9.34. The van der Waals surface area contributed by atoms with Crippen LogP contribution < -0.4 is 15.5 Å². The van der Waals surface area contributed by atoms with Gasteiger partial charge in [-0.15, -0.1) is 0 Å². The molecule has 3 aromatic rings. The number of aromatic nitrogens is 2. The highest BCUT2D eigenvalue weighted by molar-refractivity contribution is 9.10. The summed E-state index contributed by atoms with van der Waals surface area (Å²) in [5, 5.41) is 3.94. The highest BCUT2D eigenvalue weighted by Gasteiger charge is 2.09. The van der Waals surface area contributed by atoms with E-state index in [2.05, 4.69) is 30.8 Å². The lowest BCUT2D eigenvalue weighted by atomic mass is 10.2. The van der Waals surface area contributed by atoms with Gasteiger partial charge in [-0.2, -0.15) is 0 Å². The number of methoxy groups -OCH3 is 1. The van der Waals surface area contributed by atoms with E-state index in [-0.39, 0.29) is 22.8 Å². The molecule has 1 aromatic carbocycles. The van der Waals surface area contributed by atoms with Crippen molar-refractivity contribution in [1.29, 1.82) is 0 Å². The van der Waals surface area contributed by atoms with Crippen LogP contribution in [0.25, 0.3) is 10.9 Å². The van der Waals surface area contributed by atoms with Gasteiger partial charge in [0.25, 0.3) is 5.91 Å². The molecular formula is C17H16BrN3O3. The van der Waals surface area contributed by atoms with Gasteiger partial charge in [-0.3, -0.25) is 9.59 Å². The van der Waals surface area contributed by atoms with Crippen molar-refractivity contribution in [2.24, 2.45) is 0 Å². The average molecular weight is 390 g/mol. The second-order valence-electron chi connectivity index (χ2n) is 5.25. The third-order valence-electron chi connectivity index (χ3n) is 3.72. The summed E-state index contributed by atoms with van der Waals surface area (Å²) in [5.74, 6) is -0.150. The monoisotopic (exact) mass is 389 g/mol. The number of benzene rings is 1. The lowest BCUT2D eigenvalue weighted by molar-refractivity contribution is 0.0947. The van der Waals surface area contributed by atoms with Gasteiger partial charge in [-0.1, -0.05) is 22.0 Å². The number of pyridine rings is 1. The van der Waals surface area contributed by atoms with Gasteiger partial charge in [-0.05, 0) is 23.6 Å². The van der Waals surface area contributed by atoms with E-state index in [9.17, 15) is 9.59 Å². The molecule has 0 fully saturated rings. The Bertz CT molecular complexity index is 946. The molecule has 0 radical (unpaired) electrons. The standard InChI is InChI=1S/C17H16BrN3O3/c1-24-16-10-20-13(9-15(16)22)17(23)19-5-7-21-6-4-11-2-3-12(18)8-14(11)21/h2-4,6,8-10H,5,7H2,1H3,(H,19,23)(H,20,22). The van der Waals surface area contributed by atoms with Crippen molar-refractivity contribution in [3.8, 4) is 5.75 Å². The maximum Gasteiger partial charge on any atom is 0.267 e. The molecule has 0 bridgehead atoms. The van der Waals surface area contributed by atoms with E-state index >= 15 is 0 Å². The Hall–Kier alpha value is -2.54. The Morgan fingerprint density at radius 3 is 2.92 bits per heavy atom. The van der Waals surface area contributed by atoms with E-state index in [1.165, 1.54) is 19.4 Å². The molecular weight excluding hydrogens is 374 g/mol. The molecule has 0 unspecified atom stereocenters. The number of nitrogens with zero attached hydrogens (tertiary/aromatic N) is 1. The molecule has 0 aliphatic heterocycles. The fourth-order valence-electron chi connectivity index (χ4n) is 2.49. The summed E-state index contributed by atoms with van der Waals surface area (Å²) in [4.78, 5) is 26.5. The number of ether oxygens (including phenoxy) is 1. The van der Waals surface area contributed by atoms with Crippen molar-refractivity contribution in [3.63, 3.8) is 0 Å². The summed E-state index contributed by atoms with van der Waals surface area (Å²) in [6.07, 6.45) is 3.37. The van der Waals surface area contributed by atoms with Crippen molar-refractivity contribution >= 4 is 32.7 Å². The Labute approximate surface area is 146 Å². The molecule has 0 aliphatic carbocycles. The molecule has 24 heavy (non-hydrogen) atoms. The highest BCUT2D eigenvalue weighted by Crippen LogP contribution is 2.20. The largest absolute Gasteiger partial charge is 0.491 e. The van der Waals surface area contributed by atoms with Crippen LogP contribution in [0.15, 0.2) is 52.0 Å². The topological polar surface area (TPSA) is 76.1 Å². The predicted molar refractivity (Wildman–Crippen MR) is 95.6 cm³/mol. The SMILES string of the molecule is COc1c[nH]c(C(=O)NCCn2ccc3ccc(Br)cc32)cc1=O. The van der Waals surface area contributed by atoms with Crippen LogP contribution in [0.4, 0.5) is 0 Å². The number of halogens is 1. The maximum absolute atomic E-state index is 12.1. The fraction of sp³-hybridized carbons (Fsp3) is 0.176. The normalized spacial score (nSPS) is 10.8. The second kappa shape index (κ2) is 6.92. The number of hydrogen-bond acceptors (Lipinski definition) is 3. The number of amides is 1. The molecule has 2 N–H and O–H groups in total. The summed E-state index contributed by atoms with van der Waals surface area (Å²) >= 11 is 3.46. The third kappa shape index (κ3) is 3.35. The number of H-pyrrole nitrogens is 1. The minimum Gasteiger partial charge on any atom is -0.491 e. The Morgan fingerprint density at radius 1 is 1.33 bits per heavy atom. The van der Waals surface area contributed by atoms with Gasteiger partial charge in [0, 0.05) is 41.5 Å². The smallest absolute Gasteiger partial charge is 0.267 e. The lowest BCUT2D eigenvalue weighted by Crippen LogP contribution is -2.28. The van der Waals surface area contributed by atoms with Crippen molar-refractivity contribution < 1.29 is 9.53 Å². The van der Waals surface area contributed by atoms with E-state index in [1.807, 2.05) is 30.5 Å². The van der Waals surface area contributed by atoms with Gasteiger partial charge in [0.1, 0.15) is 5.69 Å². The summed E-state index contributed by atoms with van der Waals surface area (Å²) in [6.45, 7) is 1.08. The zero-order valence-electron chi connectivity index (χ0n) is 13.0. The van der Waals surface area contributed by atoms with Crippen molar-refractivity contribution in [1.82, 2.24) is 14.9 Å². The van der Waals surface area contributed by atoms with Gasteiger partial charge in [-0.25, -0.2) is 0 Å². The molecule has 2 heterocycles. The Kier molecular flexibility index (Phi) is 4.71. The van der Waals surface area contributed by atoms with Crippen LogP contribution in [0, 0.1) is 0 Å². The lowest BCUT2D eigenvalue weighted by Gasteiger charge is -2.08. The van der Waals surface area contributed by atoms with Crippen molar-refractivity contribution in [3.05, 3.63) is 63.1 Å². The molecule has 0 saturated heterocycles. The average Bonchev–Trinajstić information content (AvgIpc) is 2.97. The minimum absolute atomic E-state index is 0.177. The quantitative estimate of drug-likeness (QED) is 0.703. The van der Waals surface area contributed by atoms with Crippen LogP contribution >= 0.6 is 15.9 Å². The second-order valence-corrected chi connectivity index (χ2v) is 6.16. The van der Waals surface area contributed by atoms with E-state index < -0.39 is 0 Å². The number of fused-ring (bicyclic) bond motifs is 1. The van der Waals surface area contributed by atoms with Gasteiger partial charge < -0.3 is 19.6 Å². The molecule has 0 atom stereocenters. The van der Waals surface area contributed by atoms with Crippen LogP contribution in [0.1, 0.15) is 10.5 Å². The van der Waals surface area contributed by atoms with E-state index in [0.717, 1.165) is 15.4 Å². The van der Waals surface area contributed by atoms with Gasteiger partial charge >= 0.3 is 0 Å². The summed E-state index contributed by atoms with van der Waals surface area (Å²) in [7, 11) is 1.41. The summed E-state index contributed by atoms with van der Waals surface area (Å²) < 4.78 is 7.95. The van der Waals surface area contributed by atoms with Crippen LogP contribution in [-0.2, 0) is 6.54 Å². The molecule has 1 amide bonds. The molecule has 2 aromatic heterocycles. The first kappa shape index (κ1) is 16.3. The fourth-order valence-corrected chi connectivity index (χ4v) is 2.84. The predicted octanol–water partition coefficient (Wildman–Crippen LogP) is 2.53. The zero-order valence-corrected chi connectivity index (χ0v) is 14.6. The van der Waals surface area contributed by atoms with Crippen LogP contribution in [0.2, 0.25) is 0 Å². The van der Waals surface area contributed by atoms with Gasteiger partial charge in [0.2, 0.25) is 5.43 Å². The number of carbonyl (C=O) groups excluding carboxylic acids is 1. The van der Waals surface area contributed by atoms with Crippen LogP contribution in [-0.4, -0.2) is 29.1 Å². The van der Waals surface area contributed by atoms with Gasteiger partial charge in [0.15, 0.2) is 5.75 Å². The minimum atomic E-state index is -0.331. The molecule has 0 aliphatic rings. The molecule has 0 spiro atoms. The summed E-state index contributed by atoms with van der Waals surface area (Å²) in [5.41, 5.74) is 0.972. The first-order valence-electron chi connectivity index (χ1n) is 7.38. The third-order valence-corrected chi connectivity index (χ3v) is 4.21. The molecule has 3 rings (SSSR count). The number of hydrogen-bond donors (Lipinski definition) is 2.